The molecule has 0 unspecified atom stereocenters. The highest BCUT2D eigenvalue weighted by Gasteiger charge is 2.07. The molecule has 0 aliphatic rings. The minimum atomic E-state index is 0.811. The van der Waals surface area contributed by atoms with Crippen LogP contribution in [0.3, 0.4) is 0 Å². The Morgan fingerprint density at radius 3 is 1.29 bits per heavy atom. The summed E-state index contributed by atoms with van der Waals surface area (Å²) in [5.41, 5.74) is 0. The van der Waals surface area contributed by atoms with E-state index in [9.17, 15) is 0 Å². The van der Waals surface area contributed by atoms with Gasteiger partial charge in [-0.1, -0.05) is 117 Å². The summed E-state index contributed by atoms with van der Waals surface area (Å²) in [6, 6.07) is 0. The lowest BCUT2D eigenvalue weighted by molar-refractivity contribution is 0.589. The van der Waals surface area contributed by atoms with Crippen LogP contribution in [0.15, 0.2) is 0 Å². The number of hydrogen-bond acceptors (Lipinski definition) is 4. The van der Waals surface area contributed by atoms with Crippen molar-refractivity contribution in [1.82, 2.24) is 15.0 Å². The smallest absolute Gasteiger partial charge is 0.226 e. The summed E-state index contributed by atoms with van der Waals surface area (Å²) in [4.78, 5) is 14.3. The molecule has 0 aliphatic carbocycles. The molecule has 0 saturated heterocycles. The normalized spacial score (nSPS) is 11.2. The molecule has 0 spiro atoms. The number of anilines is 1. The van der Waals surface area contributed by atoms with E-state index in [2.05, 4.69) is 26.1 Å². The molecular formula is C27H52N4. The number of aromatic nitrogens is 3. The maximum absolute atomic E-state index is 4.82. The van der Waals surface area contributed by atoms with Crippen LogP contribution in [0, 0.1) is 0 Å². The predicted molar refractivity (Wildman–Crippen MR) is 136 cm³/mol. The van der Waals surface area contributed by atoms with Crippen LogP contribution in [-0.2, 0) is 12.8 Å². The number of aryl methyl sites for hydroxylation is 2. The molecule has 0 aromatic carbocycles. The average molecular weight is 433 g/mol. The van der Waals surface area contributed by atoms with Gasteiger partial charge < -0.3 is 5.32 Å². The van der Waals surface area contributed by atoms with Crippen molar-refractivity contribution >= 4 is 5.95 Å². The van der Waals surface area contributed by atoms with Crippen LogP contribution >= 0.6 is 0 Å². The van der Waals surface area contributed by atoms with Crippen LogP contribution in [0.2, 0.25) is 0 Å². The molecule has 1 N–H and O–H groups in total. The van der Waals surface area contributed by atoms with Crippen molar-refractivity contribution in [3.63, 3.8) is 0 Å². The van der Waals surface area contributed by atoms with E-state index >= 15 is 0 Å². The van der Waals surface area contributed by atoms with Gasteiger partial charge in [0.2, 0.25) is 5.95 Å². The molecule has 31 heavy (non-hydrogen) atoms. The number of unbranched alkanes of at least 4 members (excludes halogenated alkanes) is 15. The zero-order valence-electron chi connectivity index (χ0n) is 21.2. The lowest BCUT2D eigenvalue weighted by Crippen LogP contribution is -2.11. The topological polar surface area (TPSA) is 50.7 Å². The SMILES string of the molecule is CCCCCCCCNc1nc(CCCCCCCC)nc(CCCCCCCC)n1. The Kier molecular flexibility index (Phi) is 18.6. The second-order valence-electron chi connectivity index (χ2n) is 9.22. The van der Waals surface area contributed by atoms with Gasteiger partial charge in [-0.15, -0.1) is 0 Å². The highest BCUT2D eigenvalue weighted by molar-refractivity contribution is 5.24. The summed E-state index contributed by atoms with van der Waals surface area (Å²) in [6.45, 7) is 7.79. The van der Waals surface area contributed by atoms with Gasteiger partial charge in [0.25, 0.3) is 0 Å². The van der Waals surface area contributed by atoms with Crippen molar-refractivity contribution in [2.24, 2.45) is 0 Å². The Balaban J connectivity index is 2.46. The second kappa shape index (κ2) is 20.7. The van der Waals surface area contributed by atoms with Gasteiger partial charge in [0.1, 0.15) is 11.6 Å². The van der Waals surface area contributed by atoms with Crippen molar-refractivity contribution in [2.45, 2.75) is 149 Å². The molecule has 0 radical (unpaired) electrons. The van der Waals surface area contributed by atoms with E-state index < -0.39 is 0 Å². The summed E-state index contributed by atoms with van der Waals surface area (Å²) in [5, 5.41) is 3.49. The molecule has 0 aliphatic heterocycles. The lowest BCUT2D eigenvalue weighted by atomic mass is 10.1. The molecule has 1 aromatic heterocycles. The van der Waals surface area contributed by atoms with E-state index in [4.69, 9.17) is 15.0 Å². The number of rotatable bonds is 22. The van der Waals surface area contributed by atoms with Gasteiger partial charge in [-0.05, 0) is 19.3 Å². The minimum Gasteiger partial charge on any atom is -0.354 e. The van der Waals surface area contributed by atoms with E-state index in [0.717, 1.165) is 37.0 Å². The Hall–Kier alpha value is -1.19. The average Bonchev–Trinajstić information content (AvgIpc) is 2.78. The highest BCUT2D eigenvalue weighted by atomic mass is 15.2. The van der Waals surface area contributed by atoms with Crippen LogP contribution in [-0.4, -0.2) is 21.5 Å². The second-order valence-corrected chi connectivity index (χ2v) is 9.22. The number of nitrogens with zero attached hydrogens (tertiary/aromatic N) is 3. The van der Waals surface area contributed by atoms with E-state index in [1.165, 1.54) is 116 Å². The zero-order valence-corrected chi connectivity index (χ0v) is 21.2. The van der Waals surface area contributed by atoms with Gasteiger partial charge in [-0.3, -0.25) is 0 Å². The van der Waals surface area contributed by atoms with Crippen LogP contribution in [0.5, 0.6) is 0 Å². The molecule has 4 nitrogen and oxygen atoms in total. The third-order valence-corrected chi connectivity index (χ3v) is 6.05. The Morgan fingerprint density at radius 1 is 0.452 bits per heavy atom. The molecule has 0 amide bonds. The third kappa shape index (κ3) is 16.1. The lowest BCUT2D eigenvalue weighted by Gasteiger charge is -2.09. The first kappa shape index (κ1) is 27.8. The monoisotopic (exact) mass is 432 g/mol. The van der Waals surface area contributed by atoms with E-state index in [1.807, 2.05) is 0 Å². The molecule has 0 saturated carbocycles. The Labute approximate surface area is 193 Å². The van der Waals surface area contributed by atoms with Crippen LogP contribution < -0.4 is 5.32 Å². The first-order valence-electron chi connectivity index (χ1n) is 13.8. The summed E-state index contributed by atoms with van der Waals surface area (Å²) < 4.78 is 0. The maximum Gasteiger partial charge on any atom is 0.226 e. The quantitative estimate of drug-likeness (QED) is 0.187. The molecule has 0 fully saturated rings. The maximum atomic E-state index is 4.82. The largest absolute Gasteiger partial charge is 0.354 e. The molecule has 4 heteroatoms. The zero-order chi connectivity index (χ0) is 22.4. The Morgan fingerprint density at radius 2 is 0.839 bits per heavy atom. The van der Waals surface area contributed by atoms with Crippen molar-refractivity contribution in [2.75, 3.05) is 11.9 Å². The molecule has 1 rings (SSSR count). The minimum absolute atomic E-state index is 0.811. The van der Waals surface area contributed by atoms with Crippen LogP contribution in [0.1, 0.15) is 148 Å². The van der Waals surface area contributed by atoms with Crippen molar-refractivity contribution in [1.29, 1.82) is 0 Å². The fourth-order valence-electron chi connectivity index (χ4n) is 4.00. The van der Waals surface area contributed by atoms with E-state index in [0.29, 0.717) is 0 Å². The molecule has 0 atom stereocenters. The first-order chi connectivity index (χ1) is 15.3. The first-order valence-corrected chi connectivity index (χ1v) is 13.8. The Bertz CT molecular complexity index is 484. The molecular weight excluding hydrogens is 380 g/mol. The summed E-state index contributed by atoms with van der Waals surface area (Å²) in [6.07, 6.45) is 25.6. The fourth-order valence-corrected chi connectivity index (χ4v) is 4.00. The highest BCUT2D eigenvalue weighted by Crippen LogP contribution is 2.12. The van der Waals surface area contributed by atoms with Crippen LogP contribution in [0.4, 0.5) is 5.95 Å². The van der Waals surface area contributed by atoms with Gasteiger partial charge in [-0.25, -0.2) is 4.98 Å². The van der Waals surface area contributed by atoms with Crippen molar-refractivity contribution in [3.05, 3.63) is 11.6 Å². The van der Waals surface area contributed by atoms with Gasteiger partial charge in [0.15, 0.2) is 0 Å². The van der Waals surface area contributed by atoms with Crippen molar-refractivity contribution in [3.8, 4) is 0 Å². The molecule has 180 valence electrons. The predicted octanol–water partition coefficient (Wildman–Crippen LogP) is 8.45. The van der Waals surface area contributed by atoms with E-state index in [-0.39, 0.29) is 0 Å². The number of hydrogen-bond donors (Lipinski definition) is 1. The van der Waals surface area contributed by atoms with Gasteiger partial charge in [0.05, 0.1) is 0 Å². The summed E-state index contributed by atoms with van der Waals surface area (Å²) >= 11 is 0. The van der Waals surface area contributed by atoms with Crippen LogP contribution in [0.25, 0.3) is 0 Å². The fraction of sp³-hybridized carbons (Fsp3) is 0.889. The van der Waals surface area contributed by atoms with E-state index in [1.54, 1.807) is 0 Å². The number of nitrogens with one attached hydrogen (secondary N) is 1. The third-order valence-electron chi connectivity index (χ3n) is 6.05. The summed E-state index contributed by atoms with van der Waals surface area (Å²) in [5.74, 6) is 2.80. The molecule has 1 heterocycles. The van der Waals surface area contributed by atoms with Gasteiger partial charge >= 0.3 is 0 Å². The molecule has 1 aromatic rings. The summed E-state index contributed by atoms with van der Waals surface area (Å²) in [7, 11) is 0. The standard InChI is InChI=1S/C27H52N4/c1-4-7-10-13-16-19-22-25-29-26(23-20-17-14-11-8-5-2)31-27(30-25)28-24-21-18-15-12-9-6-3/h4-24H2,1-3H3,(H,28,29,30,31). The van der Waals surface area contributed by atoms with Gasteiger partial charge in [-0.2, -0.15) is 9.97 Å². The molecule has 0 bridgehead atoms. The van der Waals surface area contributed by atoms with Crippen molar-refractivity contribution < 1.29 is 0 Å². The van der Waals surface area contributed by atoms with Gasteiger partial charge in [0, 0.05) is 19.4 Å².